The number of hydrogen-bond acceptors (Lipinski definition) is 5. The normalized spacial score (nSPS) is 19.6. The Hall–Kier alpha value is -2.21. The summed E-state index contributed by atoms with van der Waals surface area (Å²) in [7, 11) is 0. The molecular weight excluding hydrogens is 318 g/mol. The molecule has 1 fully saturated rings. The Balaban J connectivity index is 1.30. The first kappa shape index (κ1) is 16.3. The summed E-state index contributed by atoms with van der Waals surface area (Å²) in [5, 5.41) is 6.91. The van der Waals surface area contributed by atoms with Gasteiger partial charge in [0.15, 0.2) is 5.82 Å². The van der Waals surface area contributed by atoms with Crippen LogP contribution < -0.4 is 5.32 Å². The summed E-state index contributed by atoms with van der Waals surface area (Å²) in [5.74, 6) is 1.11. The number of benzene rings is 1. The Morgan fingerprint density at radius 1 is 1.20 bits per heavy atom. The third kappa shape index (κ3) is 3.74. The van der Waals surface area contributed by atoms with Crippen molar-refractivity contribution in [3.05, 3.63) is 46.6 Å². The average molecular weight is 341 g/mol. The van der Waals surface area contributed by atoms with Crippen molar-refractivity contribution in [2.24, 2.45) is 0 Å². The monoisotopic (exact) mass is 341 g/mol. The predicted molar refractivity (Wildman–Crippen MR) is 91.3 cm³/mol. The van der Waals surface area contributed by atoms with Crippen LogP contribution in [0.5, 0.6) is 0 Å². The molecule has 0 bridgehead atoms. The van der Waals surface area contributed by atoms with Crippen molar-refractivity contribution < 1.29 is 14.1 Å². The molecule has 4 rings (SSSR count). The Morgan fingerprint density at radius 3 is 2.92 bits per heavy atom. The Labute approximate surface area is 147 Å². The summed E-state index contributed by atoms with van der Waals surface area (Å²) in [6, 6.07) is 6.05. The number of carbonyl (C=O) groups excluding carboxylic acids is 1. The van der Waals surface area contributed by atoms with Crippen LogP contribution in [0.4, 0.5) is 0 Å². The van der Waals surface area contributed by atoms with Crippen LogP contribution in [0, 0.1) is 0 Å². The number of aromatic nitrogens is 2. The lowest BCUT2D eigenvalue weighted by Crippen LogP contribution is -2.26. The smallest absolute Gasteiger partial charge is 0.255 e. The molecule has 1 aromatic heterocycles. The largest absolute Gasteiger partial charge is 0.368 e. The zero-order valence-electron chi connectivity index (χ0n) is 14.3. The lowest BCUT2D eigenvalue weighted by Gasteiger charge is -2.16. The quantitative estimate of drug-likeness (QED) is 0.905. The van der Waals surface area contributed by atoms with Crippen molar-refractivity contribution in [1.82, 2.24) is 15.5 Å². The van der Waals surface area contributed by atoms with Gasteiger partial charge >= 0.3 is 0 Å². The van der Waals surface area contributed by atoms with E-state index in [9.17, 15) is 4.79 Å². The Bertz CT molecular complexity index is 750. The summed E-state index contributed by atoms with van der Waals surface area (Å²) < 4.78 is 10.8. The summed E-state index contributed by atoms with van der Waals surface area (Å²) >= 11 is 0. The highest BCUT2D eigenvalue weighted by atomic mass is 16.5. The van der Waals surface area contributed by atoms with Crippen molar-refractivity contribution in [2.45, 2.75) is 51.0 Å². The molecule has 6 nitrogen and oxygen atoms in total. The molecule has 6 heteroatoms. The molecule has 1 amide bonds. The molecule has 132 valence electrons. The highest BCUT2D eigenvalue weighted by Crippen LogP contribution is 2.27. The highest BCUT2D eigenvalue weighted by Gasteiger charge is 2.23. The maximum atomic E-state index is 12.3. The zero-order chi connectivity index (χ0) is 17.1. The fourth-order valence-electron chi connectivity index (χ4n) is 3.54. The molecule has 1 aromatic carbocycles. The minimum atomic E-state index is -0.0636. The predicted octanol–water partition coefficient (Wildman–Crippen LogP) is 2.77. The molecule has 0 radical (unpaired) electrons. The average Bonchev–Trinajstić information content (AvgIpc) is 3.32. The molecule has 1 saturated heterocycles. The van der Waals surface area contributed by atoms with E-state index < -0.39 is 0 Å². The van der Waals surface area contributed by atoms with Gasteiger partial charge < -0.3 is 14.6 Å². The van der Waals surface area contributed by atoms with Crippen molar-refractivity contribution >= 4 is 5.91 Å². The van der Waals surface area contributed by atoms with E-state index in [1.165, 1.54) is 24.0 Å². The number of ether oxygens (including phenoxy) is 1. The number of nitrogens with zero attached hydrogens (tertiary/aromatic N) is 2. The van der Waals surface area contributed by atoms with E-state index in [1.807, 2.05) is 12.1 Å². The van der Waals surface area contributed by atoms with Crippen LogP contribution in [0.25, 0.3) is 0 Å². The van der Waals surface area contributed by atoms with Crippen LogP contribution in [-0.4, -0.2) is 29.2 Å². The van der Waals surface area contributed by atoms with Gasteiger partial charge in [0, 0.05) is 25.1 Å². The van der Waals surface area contributed by atoms with Gasteiger partial charge in [-0.3, -0.25) is 4.79 Å². The van der Waals surface area contributed by atoms with E-state index >= 15 is 0 Å². The molecule has 1 N–H and O–H groups in total. The van der Waals surface area contributed by atoms with Gasteiger partial charge in [0.05, 0.1) is 0 Å². The molecule has 0 spiro atoms. The fraction of sp³-hybridized carbons (Fsp3) is 0.526. The molecule has 2 heterocycles. The van der Waals surface area contributed by atoms with Gasteiger partial charge in [-0.25, -0.2) is 0 Å². The van der Waals surface area contributed by atoms with Crippen molar-refractivity contribution in [3.63, 3.8) is 0 Å². The maximum absolute atomic E-state index is 12.3. The van der Waals surface area contributed by atoms with Gasteiger partial charge in [0.25, 0.3) is 11.8 Å². The third-order valence-corrected chi connectivity index (χ3v) is 4.93. The number of rotatable bonds is 5. The number of nitrogens with one attached hydrogen (secondary N) is 1. The van der Waals surface area contributed by atoms with E-state index in [2.05, 4.69) is 21.5 Å². The SMILES string of the molecule is O=C(NCCc1noc(C2CCCO2)n1)c1ccc2c(c1)CCCC2. The van der Waals surface area contributed by atoms with Crippen molar-refractivity contribution in [2.75, 3.05) is 13.2 Å². The van der Waals surface area contributed by atoms with E-state index in [0.717, 1.165) is 37.9 Å². The minimum Gasteiger partial charge on any atom is -0.368 e. The molecule has 25 heavy (non-hydrogen) atoms. The molecule has 0 saturated carbocycles. The van der Waals surface area contributed by atoms with Crippen LogP contribution in [0.2, 0.25) is 0 Å². The number of aryl methyl sites for hydroxylation is 2. The second-order valence-corrected chi connectivity index (χ2v) is 6.75. The summed E-state index contributed by atoms with van der Waals surface area (Å²) in [4.78, 5) is 16.7. The summed E-state index contributed by atoms with van der Waals surface area (Å²) in [6.45, 7) is 1.24. The van der Waals surface area contributed by atoms with Crippen molar-refractivity contribution in [3.8, 4) is 0 Å². The first-order valence-electron chi connectivity index (χ1n) is 9.14. The van der Waals surface area contributed by atoms with Gasteiger partial charge in [-0.15, -0.1) is 0 Å². The molecule has 2 aliphatic rings. The van der Waals surface area contributed by atoms with Crippen LogP contribution in [0.3, 0.4) is 0 Å². The van der Waals surface area contributed by atoms with Gasteiger partial charge in [0.1, 0.15) is 6.10 Å². The molecule has 1 aliphatic carbocycles. The number of hydrogen-bond donors (Lipinski definition) is 1. The Kier molecular flexibility index (Phi) is 4.78. The van der Waals surface area contributed by atoms with Gasteiger partial charge in [0.2, 0.25) is 0 Å². The Morgan fingerprint density at radius 2 is 2.08 bits per heavy atom. The van der Waals surface area contributed by atoms with Crippen LogP contribution in [0.15, 0.2) is 22.7 Å². The lowest BCUT2D eigenvalue weighted by molar-refractivity contribution is 0.0835. The van der Waals surface area contributed by atoms with Crippen molar-refractivity contribution in [1.29, 1.82) is 0 Å². The van der Waals surface area contributed by atoms with Crippen LogP contribution in [0.1, 0.15) is 65.0 Å². The topological polar surface area (TPSA) is 77.2 Å². The number of carbonyl (C=O) groups is 1. The molecule has 1 unspecified atom stereocenters. The van der Waals surface area contributed by atoms with E-state index in [1.54, 1.807) is 0 Å². The van der Waals surface area contributed by atoms with Crippen LogP contribution in [-0.2, 0) is 24.0 Å². The van der Waals surface area contributed by atoms with E-state index in [4.69, 9.17) is 9.26 Å². The summed E-state index contributed by atoms with van der Waals surface area (Å²) in [5.41, 5.74) is 3.43. The van der Waals surface area contributed by atoms with E-state index in [0.29, 0.717) is 24.7 Å². The highest BCUT2D eigenvalue weighted by molar-refractivity contribution is 5.94. The maximum Gasteiger partial charge on any atom is 0.255 e. The summed E-state index contributed by atoms with van der Waals surface area (Å²) in [6.07, 6.45) is 7.10. The fourth-order valence-corrected chi connectivity index (χ4v) is 3.54. The third-order valence-electron chi connectivity index (χ3n) is 4.93. The van der Waals surface area contributed by atoms with Gasteiger partial charge in [-0.05, 0) is 61.8 Å². The lowest BCUT2D eigenvalue weighted by atomic mass is 9.90. The molecule has 1 aliphatic heterocycles. The molecule has 2 aromatic rings. The molecular formula is C19H23N3O3. The second-order valence-electron chi connectivity index (χ2n) is 6.75. The van der Waals surface area contributed by atoms with Crippen LogP contribution >= 0.6 is 0 Å². The standard InChI is InChI=1S/C19H23N3O3/c23-18(15-8-7-13-4-1-2-5-14(13)12-15)20-10-9-17-21-19(25-22-17)16-6-3-11-24-16/h7-8,12,16H,1-6,9-11H2,(H,20,23). The van der Waals surface area contributed by atoms with E-state index in [-0.39, 0.29) is 12.0 Å². The molecule has 1 atom stereocenters. The van der Waals surface area contributed by atoms with Gasteiger partial charge in [-0.2, -0.15) is 4.98 Å². The number of fused-ring (bicyclic) bond motifs is 1. The van der Waals surface area contributed by atoms with Gasteiger partial charge in [-0.1, -0.05) is 11.2 Å². The first-order chi connectivity index (χ1) is 12.3. The number of amides is 1. The zero-order valence-corrected chi connectivity index (χ0v) is 14.3. The second kappa shape index (κ2) is 7.35. The first-order valence-corrected chi connectivity index (χ1v) is 9.14. The minimum absolute atomic E-state index is 0.0452.